The molecule has 0 saturated heterocycles. The van der Waals surface area contributed by atoms with Crippen molar-refractivity contribution in [3.8, 4) is 0 Å². The van der Waals surface area contributed by atoms with Crippen molar-refractivity contribution in [3.05, 3.63) is 33.8 Å². The zero-order valence-electron chi connectivity index (χ0n) is 8.88. The van der Waals surface area contributed by atoms with Crippen LogP contribution in [0.4, 0.5) is 0 Å². The predicted molar refractivity (Wildman–Crippen MR) is 63.8 cm³/mol. The molecule has 1 aromatic carbocycles. The number of halogens is 1. The fourth-order valence-corrected chi connectivity index (χ4v) is 2.69. The summed E-state index contributed by atoms with van der Waals surface area (Å²) in [7, 11) is 0. The SMILES string of the molecule is CC(C)CC1NC(=O)c2cccc(Br)c21. The minimum absolute atomic E-state index is 0.0527. The van der Waals surface area contributed by atoms with E-state index in [2.05, 4.69) is 35.1 Å². The maximum Gasteiger partial charge on any atom is 0.252 e. The van der Waals surface area contributed by atoms with Crippen LogP contribution in [0.15, 0.2) is 22.7 Å². The zero-order chi connectivity index (χ0) is 11.0. The van der Waals surface area contributed by atoms with Gasteiger partial charge >= 0.3 is 0 Å². The van der Waals surface area contributed by atoms with E-state index in [1.807, 2.05) is 18.2 Å². The van der Waals surface area contributed by atoms with E-state index < -0.39 is 0 Å². The topological polar surface area (TPSA) is 29.1 Å². The van der Waals surface area contributed by atoms with Crippen LogP contribution >= 0.6 is 15.9 Å². The first-order chi connectivity index (χ1) is 7.09. The highest BCUT2D eigenvalue weighted by atomic mass is 79.9. The van der Waals surface area contributed by atoms with Crippen LogP contribution in [0.2, 0.25) is 0 Å². The highest BCUT2D eigenvalue weighted by Crippen LogP contribution is 2.35. The first-order valence-corrected chi connectivity index (χ1v) is 5.98. The lowest BCUT2D eigenvalue weighted by atomic mass is 9.97. The first-order valence-electron chi connectivity index (χ1n) is 5.19. The molecule has 0 bridgehead atoms. The van der Waals surface area contributed by atoms with Crippen molar-refractivity contribution in [2.75, 3.05) is 0 Å². The molecule has 0 aromatic heterocycles. The van der Waals surface area contributed by atoms with Crippen LogP contribution in [0.1, 0.15) is 42.2 Å². The van der Waals surface area contributed by atoms with Crippen LogP contribution < -0.4 is 5.32 Å². The second kappa shape index (κ2) is 3.97. The Labute approximate surface area is 98.2 Å². The molecule has 0 aliphatic carbocycles. The van der Waals surface area contributed by atoms with Crippen LogP contribution in [0.3, 0.4) is 0 Å². The zero-order valence-corrected chi connectivity index (χ0v) is 10.5. The minimum Gasteiger partial charge on any atom is -0.345 e. The van der Waals surface area contributed by atoms with E-state index >= 15 is 0 Å². The fourth-order valence-electron chi connectivity index (χ4n) is 2.05. The Bertz CT molecular complexity index is 401. The summed E-state index contributed by atoms with van der Waals surface area (Å²) in [5.74, 6) is 0.630. The molecule has 2 rings (SSSR count). The minimum atomic E-state index is 0.0527. The molecular formula is C12H14BrNO. The maximum absolute atomic E-state index is 11.7. The molecule has 80 valence electrons. The van der Waals surface area contributed by atoms with Crippen LogP contribution in [0.25, 0.3) is 0 Å². The molecule has 15 heavy (non-hydrogen) atoms. The number of benzene rings is 1. The summed E-state index contributed by atoms with van der Waals surface area (Å²) in [6.07, 6.45) is 0.987. The molecule has 1 heterocycles. The largest absolute Gasteiger partial charge is 0.345 e. The molecule has 0 spiro atoms. The van der Waals surface area contributed by atoms with Gasteiger partial charge in [0.15, 0.2) is 0 Å². The van der Waals surface area contributed by atoms with Crippen LogP contribution in [-0.4, -0.2) is 5.91 Å². The lowest BCUT2D eigenvalue weighted by Crippen LogP contribution is -2.20. The number of nitrogens with one attached hydrogen (secondary N) is 1. The van der Waals surface area contributed by atoms with Gasteiger partial charge in [-0.3, -0.25) is 4.79 Å². The Morgan fingerprint density at radius 2 is 2.20 bits per heavy atom. The number of rotatable bonds is 2. The molecule has 1 aliphatic rings. The van der Waals surface area contributed by atoms with E-state index in [1.165, 1.54) is 0 Å². The van der Waals surface area contributed by atoms with Gasteiger partial charge in [-0.2, -0.15) is 0 Å². The third-order valence-corrected chi connectivity index (χ3v) is 3.35. The Kier molecular flexibility index (Phi) is 2.83. The maximum atomic E-state index is 11.7. The second-order valence-corrected chi connectivity index (χ2v) is 5.21. The van der Waals surface area contributed by atoms with E-state index in [9.17, 15) is 4.79 Å². The molecule has 1 amide bonds. The third-order valence-electron chi connectivity index (χ3n) is 2.66. The van der Waals surface area contributed by atoms with Gasteiger partial charge in [-0.25, -0.2) is 0 Å². The molecule has 0 saturated carbocycles. The molecule has 0 fully saturated rings. The average molecular weight is 268 g/mol. The first kappa shape index (κ1) is 10.7. The van der Waals surface area contributed by atoms with Crippen molar-refractivity contribution in [2.45, 2.75) is 26.3 Å². The van der Waals surface area contributed by atoms with Crippen molar-refractivity contribution in [1.29, 1.82) is 0 Å². The molecule has 1 aromatic rings. The Morgan fingerprint density at radius 1 is 1.47 bits per heavy atom. The highest BCUT2D eigenvalue weighted by molar-refractivity contribution is 9.10. The highest BCUT2D eigenvalue weighted by Gasteiger charge is 2.30. The lowest BCUT2D eigenvalue weighted by Gasteiger charge is -2.15. The smallest absolute Gasteiger partial charge is 0.252 e. The van der Waals surface area contributed by atoms with Gasteiger partial charge < -0.3 is 5.32 Å². The van der Waals surface area contributed by atoms with E-state index in [4.69, 9.17) is 0 Å². The van der Waals surface area contributed by atoms with E-state index in [-0.39, 0.29) is 11.9 Å². The van der Waals surface area contributed by atoms with Crippen LogP contribution in [-0.2, 0) is 0 Å². The van der Waals surface area contributed by atoms with Gasteiger partial charge in [-0.15, -0.1) is 0 Å². The summed E-state index contributed by atoms with van der Waals surface area (Å²) in [4.78, 5) is 11.7. The standard InChI is InChI=1S/C12H14BrNO/c1-7(2)6-10-11-8(12(15)14-10)4-3-5-9(11)13/h3-5,7,10H,6H2,1-2H3,(H,14,15). The number of hydrogen-bond acceptors (Lipinski definition) is 1. The summed E-state index contributed by atoms with van der Waals surface area (Å²) < 4.78 is 1.03. The summed E-state index contributed by atoms with van der Waals surface area (Å²) in [5, 5.41) is 3.02. The molecular weight excluding hydrogens is 254 g/mol. The molecule has 1 aliphatic heterocycles. The fraction of sp³-hybridized carbons (Fsp3) is 0.417. The van der Waals surface area contributed by atoms with Gasteiger partial charge in [0, 0.05) is 15.6 Å². The number of amides is 1. The Hall–Kier alpha value is -0.830. The Balaban J connectivity index is 2.40. The predicted octanol–water partition coefficient (Wildman–Crippen LogP) is 3.28. The molecule has 0 radical (unpaired) electrons. The van der Waals surface area contributed by atoms with E-state index in [0.29, 0.717) is 5.92 Å². The molecule has 2 nitrogen and oxygen atoms in total. The summed E-state index contributed by atoms with van der Waals surface area (Å²) in [6.45, 7) is 4.34. The number of hydrogen-bond donors (Lipinski definition) is 1. The van der Waals surface area contributed by atoms with Gasteiger partial charge in [0.05, 0.1) is 6.04 Å². The van der Waals surface area contributed by atoms with Gasteiger partial charge in [0.2, 0.25) is 0 Å². The van der Waals surface area contributed by atoms with Gasteiger partial charge in [-0.05, 0) is 24.5 Å². The van der Waals surface area contributed by atoms with Crippen molar-refractivity contribution in [1.82, 2.24) is 5.32 Å². The van der Waals surface area contributed by atoms with Crippen molar-refractivity contribution in [2.24, 2.45) is 5.92 Å². The molecule has 1 N–H and O–H groups in total. The summed E-state index contributed by atoms with van der Waals surface area (Å²) in [6, 6.07) is 5.95. The van der Waals surface area contributed by atoms with Gasteiger partial charge in [0.25, 0.3) is 5.91 Å². The summed E-state index contributed by atoms with van der Waals surface area (Å²) >= 11 is 3.51. The van der Waals surface area contributed by atoms with Crippen molar-refractivity contribution < 1.29 is 4.79 Å². The van der Waals surface area contributed by atoms with Crippen LogP contribution in [0, 0.1) is 5.92 Å². The summed E-state index contributed by atoms with van der Waals surface area (Å²) in [5.41, 5.74) is 1.94. The van der Waals surface area contributed by atoms with Crippen molar-refractivity contribution in [3.63, 3.8) is 0 Å². The third kappa shape index (κ3) is 1.93. The van der Waals surface area contributed by atoms with E-state index in [1.54, 1.807) is 0 Å². The number of carbonyl (C=O) groups excluding carboxylic acids is 1. The van der Waals surface area contributed by atoms with Gasteiger partial charge in [0.1, 0.15) is 0 Å². The average Bonchev–Trinajstić information content (AvgIpc) is 2.44. The van der Waals surface area contributed by atoms with Gasteiger partial charge in [-0.1, -0.05) is 35.8 Å². The monoisotopic (exact) mass is 267 g/mol. The van der Waals surface area contributed by atoms with E-state index in [0.717, 1.165) is 22.0 Å². The second-order valence-electron chi connectivity index (χ2n) is 4.36. The van der Waals surface area contributed by atoms with Crippen molar-refractivity contribution >= 4 is 21.8 Å². The lowest BCUT2D eigenvalue weighted by molar-refractivity contribution is 0.0953. The number of fused-ring (bicyclic) bond motifs is 1. The molecule has 3 heteroatoms. The normalized spacial score (nSPS) is 19.2. The molecule has 1 atom stereocenters. The van der Waals surface area contributed by atoms with Crippen LogP contribution in [0.5, 0.6) is 0 Å². The molecule has 1 unspecified atom stereocenters. The number of carbonyl (C=O) groups is 1. The quantitative estimate of drug-likeness (QED) is 0.876. The Morgan fingerprint density at radius 3 is 2.87 bits per heavy atom.